The fourth-order valence-corrected chi connectivity index (χ4v) is 2.90. The number of ether oxygens (including phenoxy) is 2. The number of fused-ring (bicyclic) bond motifs is 1. The van der Waals surface area contributed by atoms with Crippen molar-refractivity contribution >= 4 is 41.8 Å². The van der Waals surface area contributed by atoms with E-state index in [9.17, 15) is 4.79 Å². The summed E-state index contributed by atoms with van der Waals surface area (Å²) in [4.78, 5) is 22.5. The van der Waals surface area contributed by atoms with Gasteiger partial charge < -0.3 is 24.7 Å². The molecule has 29 heavy (non-hydrogen) atoms. The van der Waals surface area contributed by atoms with Crippen molar-refractivity contribution in [3.8, 4) is 22.9 Å². The molecule has 9 heteroatoms. The second-order valence-corrected chi connectivity index (χ2v) is 6.39. The Morgan fingerprint density at radius 3 is 2.48 bits per heavy atom. The van der Waals surface area contributed by atoms with E-state index >= 15 is 0 Å². The molecule has 3 aromatic rings. The van der Waals surface area contributed by atoms with Gasteiger partial charge in [0.15, 0.2) is 11.5 Å². The topological polar surface area (TPSA) is 79.5 Å². The monoisotopic (exact) mass is 440 g/mol. The number of amides is 1. The summed E-state index contributed by atoms with van der Waals surface area (Å²) in [6, 6.07) is 11.1. The molecular weight excluding hydrogens is 415 g/mol. The van der Waals surface area contributed by atoms with E-state index in [4.69, 9.17) is 9.47 Å². The lowest BCUT2D eigenvalue weighted by Gasteiger charge is -2.10. The van der Waals surface area contributed by atoms with Gasteiger partial charge in [0, 0.05) is 13.1 Å². The first-order valence-corrected chi connectivity index (χ1v) is 8.68. The van der Waals surface area contributed by atoms with Gasteiger partial charge in [-0.2, -0.15) is 0 Å². The van der Waals surface area contributed by atoms with Crippen molar-refractivity contribution in [3.63, 3.8) is 0 Å². The highest BCUT2D eigenvalue weighted by atomic mass is 35.5. The van der Waals surface area contributed by atoms with Crippen molar-refractivity contribution in [2.24, 2.45) is 0 Å². The van der Waals surface area contributed by atoms with E-state index < -0.39 is 0 Å². The first kappa shape index (κ1) is 24.6. The van der Waals surface area contributed by atoms with Gasteiger partial charge >= 0.3 is 0 Å². The molecule has 1 aromatic heterocycles. The Kier molecular flexibility index (Phi) is 9.23. The molecule has 158 valence electrons. The normalized spacial score (nSPS) is 10.2. The molecule has 1 amide bonds. The van der Waals surface area contributed by atoms with Gasteiger partial charge in [-0.15, -0.1) is 24.8 Å². The molecule has 3 rings (SSSR count). The number of nitrogens with one attached hydrogen (secondary N) is 2. The van der Waals surface area contributed by atoms with Crippen LogP contribution in [0, 0.1) is 0 Å². The molecule has 2 N–H and O–H groups in total. The predicted octanol–water partition coefficient (Wildman–Crippen LogP) is 3.38. The van der Waals surface area contributed by atoms with Crippen LogP contribution in [-0.2, 0) is 0 Å². The van der Waals surface area contributed by atoms with Crippen molar-refractivity contribution in [2.45, 2.75) is 0 Å². The van der Waals surface area contributed by atoms with Crippen LogP contribution in [0.25, 0.3) is 22.4 Å². The molecule has 0 saturated carbocycles. The van der Waals surface area contributed by atoms with Gasteiger partial charge in [0.1, 0.15) is 11.3 Å². The number of aromatic nitrogens is 2. The minimum atomic E-state index is -0.141. The van der Waals surface area contributed by atoms with Gasteiger partial charge in [0.2, 0.25) is 0 Å². The van der Waals surface area contributed by atoms with Crippen LogP contribution >= 0.6 is 24.8 Å². The average Bonchev–Trinajstić information content (AvgIpc) is 3.10. The Hall–Kier alpha value is -2.48. The number of carbonyl (C=O) groups excluding carboxylic acids is 1. The second-order valence-electron chi connectivity index (χ2n) is 6.39. The van der Waals surface area contributed by atoms with Gasteiger partial charge in [0.25, 0.3) is 5.91 Å². The maximum Gasteiger partial charge on any atom is 0.253 e. The van der Waals surface area contributed by atoms with Gasteiger partial charge in [-0.05, 0) is 38.4 Å². The molecule has 2 aromatic carbocycles. The third kappa shape index (κ3) is 5.32. The molecule has 0 unspecified atom stereocenters. The van der Waals surface area contributed by atoms with Crippen molar-refractivity contribution in [2.75, 3.05) is 41.4 Å². The lowest BCUT2D eigenvalue weighted by atomic mass is 10.1. The first-order valence-electron chi connectivity index (χ1n) is 8.68. The number of H-pyrrole nitrogens is 1. The summed E-state index contributed by atoms with van der Waals surface area (Å²) >= 11 is 0. The van der Waals surface area contributed by atoms with Crippen LogP contribution in [0.1, 0.15) is 10.4 Å². The number of imidazole rings is 1. The van der Waals surface area contributed by atoms with Crippen LogP contribution in [0.5, 0.6) is 11.5 Å². The smallest absolute Gasteiger partial charge is 0.253 e. The van der Waals surface area contributed by atoms with Crippen LogP contribution in [0.3, 0.4) is 0 Å². The highest BCUT2D eigenvalue weighted by Crippen LogP contribution is 2.37. The molecule has 0 aliphatic carbocycles. The number of benzene rings is 2. The molecule has 0 aliphatic heterocycles. The Bertz CT molecular complexity index is 960. The van der Waals surface area contributed by atoms with Crippen molar-refractivity contribution in [3.05, 3.63) is 42.0 Å². The molecule has 0 fully saturated rings. The van der Waals surface area contributed by atoms with E-state index in [-0.39, 0.29) is 30.7 Å². The highest BCUT2D eigenvalue weighted by Gasteiger charge is 2.18. The fraction of sp³-hybridized carbons (Fsp3) is 0.300. The standard InChI is InChI=1S/C20H24N4O3.2ClH/c1-24(2)12-11-21-20(25)13-7-5-9-15-17(13)23-19(22-15)14-8-6-10-16(26-3)18(14)27-4;;/h5-10H,11-12H2,1-4H3,(H,21,25)(H,22,23);2*1H. The van der Waals surface area contributed by atoms with E-state index in [1.807, 2.05) is 49.3 Å². The van der Waals surface area contributed by atoms with E-state index in [0.717, 1.165) is 17.6 Å². The van der Waals surface area contributed by atoms with Crippen molar-refractivity contribution in [1.29, 1.82) is 0 Å². The van der Waals surface area contributed by atoms with Gasteiger partial charge in [-0.3, -0.25) is 4.79 Å². The predicted molar refractivity (Wildman–Crippen MR) is 120 cm³/mol. The Balaban J connectivity index is 0.00000210. The number of para-hydroxylation sites is 2. The summed E-state index contributed by atoms with van der Waals surface area (Å²) in [6.07, 6.45) is 0. The molecule has 0 atom stereocenters. The largest absolute Gasteiger partial charge is 0.493 e. The molecule has 1 heterocycles. The molecule has 0 saturated heterocycles. The molecule has 7 nitrogen and oxygen atoms in total. The van der Waals surface area contributed by atoms with E-state index in [1.165, 1.54) is 0 Å². The lowest BCUT2D eigenvalue weighted by Crippen LogP contribution is -2.31. The number of likely N-dealkylation sites (N-methyl/N-ethyl adjacent to an activating group) is 1. The molecule has 0 radical (unpaired) electrons. The van der Waals surface area contributed by atoms with Gasteiger partial charge in [0.05, 0.1) is 30.9 Å². The molecule has 0 bridgehead atoms. The number of hydrogen-bond acceptors (Lipinski definition) is 5. The first-order chi connectivity index (χ1) is 13.0. The van der Waals surface area contributed by atoms with Crippen LogP contribution in [0.15, 0.2) is 36.4 Å². The zero-order chi connectivity index (χ0) is 19.4. The van der Waals surface area contributed by atoms with Crippen LogP contribution < -0.4 is 14.8 Å². The summed E-state index contributed by atoms with van der Waals surface area (Å²) in [5.41, 5.74) is 2.72. The second kappa shape index (κ2) is 10.9. The zero-order valence-electron chi connectivity index (χ0n) is 16.8. The fourth-order valence-electron chi connectivity index (χ4n) is 2.90. The number of halogens is 2. The van der Waals surface area contributed by atoms with E-state index in [1.54, 1.807) is 20.3 Å². The molecule has 0 spiro atoms. The van der Waals surface area contributed by atoms with E-state index in [0.29, 0.717) is 34.9 Å². The zero-order valence-corrected chi connectivity index (χ0v) is 18.4. The number of methoxy groups -OCH3 is 2. The minimum absolute atomic E-state index is 0. The number of rotatable bonds is 7. The molecule has 0 aliphatic rings. The number of hydrogen-bond donors (Lipinski definition) is 2. The van der Waals surface area contributed by atoms with Crippen LogP contribution in [0.2, 0.25) is 0 Å². The molecular formula is C20H26Cl2N4O3. The summed E-state index contributed by atoms with van der Waals surface area (Å²) < 4.78 is 10.9. The van der Waals surface area contributed by atoms with Crippen LogP contribution in [0.4, 0.5) is 0 Å². The van der Waals surface area contributed by atoms with Gasteiger partial charge in [-0.25, -0.2) is 4.98 Å². The van der Waals surface area contributed by atoms with Gasteiger partial charge in [-0.1, -0.05) is 12.1 Å². The Morgan fingerprint density at radius 1 is 1.10 bits per heavy atom. The third-order valence-corrected chi connectivity index (χ3v) is 4.26. The number of carbonyl (C=O) groups is 1. The van der Waals surface area contributed by atoms with Crippen LogP contribution in [-0.4, -0.2) is 62.2 Å². The lowest BCUT2D eigenvalue weighted by molar-refractivity contribution is 0.0952. The third-order valence-electron chi connectivity index (χ3n) is 4.26. The SMILES string of the molecule is COc1cccc(-c2nc3c(C(=O)NCCN(C)C)cccc3[nH]2)c1OC.Cl.Cl. The van der Waals surface area contributed by atoms with E-state index in [2.05, 4.69) is 15.3 Å². The number of nitrogens with zero attached hydrogens (tertiary/aromatic N) is 2. The Morgan fingerprint density at radius 2 is 1.83 bits per heavy atom. The van der Waals surface area contributed by atoms with Crippen molar-refractivity contribution < 1.29 is 14.3 Å². The summed E-state index contributed by atoms with van der Waals surface area (Å²) in [5, 5.41) is 2.93. The summed E-state index contributed by atoms with van der Waals surface area (Å²) in [6.45, 7) is 1.34. The Labute approximate surface area is 182 Å². The highest BCUT2D eigenvalue weighted by molar-refractivity contribution is 6.05. The minimum Gasteiger partial charge on any atom is -0.493 e. The van der Waals surface area contributed by atoms with Crippen molar-refractivity contribution in [1.82, 2.24) is 20.2 Å². The average molecular weight is 441 g/mol. The number of aromatic amines is 1. The maximum atomic E-state index is 12.6. The quantitative estimate of drug-likeness (QED) is 0.588. The maximum absolute atomic E-state index is 12.6. The summed E-state index contributed by atoms with van der Waals surface area (Å²) in [7, 11) is 7.12. The summed E-state index contributed by atoms with van der Waals surface area (Å²) in [5.74, 6) is 1.69.